The molecule has 5 heterocycles. The molecule has 1 aromatic heterocycles. The third-order valence-electron chi connectivity index (χ3n) is 7.09. The van der Waals surface area contributed by atoms with Crippen LogP contribution >= 0.6 is 11.6 Å². The first-order chi connectivity index (χ1) is 16.0. The number of carbonyl (C=O) groups is 1. The first-order valence-corrected chi connectivity index (χ1v) is 11.9. The summed E-state index contributed by atoms with van der Waals surface area (Å²) in [5, 5.41) is 8.52. The maximum absolute atomic E-state index is 13.1. The third kappa shape index (κ3) is 3.94. The molecule has 0 radical (unpaired) electrons. The first-order valence-electron chi connectivity index (χ1n) is 11.5. The van der Waals surface area contributed by atoms with E-state index < -0.39 is 0 Å². The fourth-order valence-electron chi connectivity index (χ4n) is 5.40. The highest BCUT2D eigenvalue weighted by Crippen LogP contribution is 2.32. The molecule has 7 rings (SSSR count). The van der Waals surface area contributed by atoms with Gasteiger partial charge >= 0.3 is 0 Å². The number of piperazine rings is 1. The molecule has 4 aliphatic heterocycles. The van der Waals surface area contributed by atoms with Gasteiger partial charge in [0.05, 0.1) is 6.54 Å². The SMILES string of the molecule is Cc1cc(-c2nc(CN3CC4CCC3CN4)no2)cc2c1C(=O)N(Cc1ccc(Cl)cc1)C2. The number of nitrogens with zero attached hydrogens (tertiary/aromatic N) is 4. The van der Waals surface area contributed by atoms with Gasteiger partial charge in [0.15, 0.2) is 5.82 Å². The number of benzene rings is 2. The zero-order valence-electron chi connectivity index (χ0n) is 18.6. The maximum Gasteiger partial charge on any atom is 0.257 e. The van der Waals surface area contributed by atoms with Crippen LogP contribution in [-0.2, 0) is 19.6 Å². The summed E-state index contributed by atoms with van der Waals surface area (Å²) in [6, 6.07) is 12.8. The lowest BCUT2D eigenvalue weighted by molar-refractivity contribution is 0.0656. The molecule has 3 saturated heterocycles. The van der Waals surface area contributed by atoms with Crippen molar-refractivity contribution in [1.82, 2.24) is 25.3 Å². The second-order valence-corrected chi connectivity index (χ2v) is 9.83. The van der Waals surface area contributed by atoms with Gasteiger partial charge in [-0.15, -0.1) is 0 Å². The number of hydrogen-bond acceptors (Lipinski definition) is 6. The van der Waals surface area contributed by atoms with Gasteiger partial charge in [0.1, 0.15) is 0 Å². The molecule has 3 fully saturated rings. The van der Waals surface area contributed by atoms with Crippen molar-refractivity contribution in [3.8, 4) is 11.5 Å². The van der Waals surface area contributed by atoms with E-state index in [1.165, 1.54) is 12.8 Å². The highest BCUT2D eigenvalue weighted by atomic mass is 35.5. The lowest BCUT2D eigenvalue weighted by atomic mass is 9.93. The molecular formula is C25H26ClN5O2. The van der Waals surface area contributed by atoms with E-state index in [-0.39, 0.29) is 5.91 Å². The average molecular weight is 464 g/mol. The number of amides is 1. The van der Waals surface area contributed by atoms with Crippen molar-refractivity contribution in [3.05, 3.63) is 69.5 Å². The Bertz CT molecular complexity index is 1200. The van der Waals surface area contributed by atoms with Crippen molar-refractivity contribution in [1.29, 1.82) is 0 Å². The van der Waals surface area contributed by atoms with Gasteiger partial charge in [-0.2, -0.15) is 4.98 Å². The quantitative estimate of drug-likeness (QED) is 0.620. The van der Waals surface area contributed by atoms with Crippen LogP contribution in [0.3, 0.4) is 0 Å². The number of nitrogens with one attached hydrogen (secondary N) is 1. The van der Waals surface area contributed by atoms with Crippen molar-refractivity contribution in [2.45, 2.75) is 51.5 Å². The van der Waals surface area contributed by atoms with Crippen molar-refractivity contribution in [3.63, 3.8) is 0 Å². The number of hydrogen-bond donors (Lipinski definition) is 1. The normalized spacial score (nSPS) is 22.2. The molecule has 3 aromatic rings. The minimum absolute atomic E-state index is 0.0592. The molecule has 0 spiro atoms. The second-order valence-electron chi connectivity index (χ2n) is 9.40. The van der Waals surface area contributed by atoms with Crippen LogP contribution in [0.2, 0.25) is 5.02 Å². The summed E-state index contributed by atoms with van der Waals surface area (Å²) in [5.74, 6) is 1.29. The molecule has 1 amide bonds. The summed E-state index contributed by atoms with van der Waals surface area (Å²) in [6.07, 6.45) is 2.48. The van der Waals surface area contributed by atoms with E-state index in [9.17, 15) is 4.79 Å². The maximum atomic E-state index is 13.1. The van der Waals surface area contributed by atoms with Crippen LogP contribution in [0.5, 0.6) is 0 Å². The van der Waals surface area contributed by atoms with Crippen LogP contribution in [0.15, 0.2) is 40.9 Å². The summed E-state index contributed by atoms with van der Waals surface area (Å²) in [6.45, 7) is 5.88. The Hall–Kier alpha value is -2.74. The summed E-state index contributed by atoms with van der Waals surface area (Å²) >= 11 is 5.99. The van der Waals surface area contributed by atoms with Crippen LogP contribution in [0, 0.1) is 6.92 Å². The predicted molar refractivity (Wildman–Crippen MR) is 125 cm³/mol. The van der Waals surface area contributed by atoms with Crippen molar-refractivity contribution < 1.29 is 9.32 Å². The number of piperidine rings is 2. The fourth-order valence-corrected chi connectivity index (χ4v) is 5.52. The van der Waals surface area contributed by atoms with E-state index in [4.69, 9.17) is 16.1 Å². The number of halogens is 1. The summed E-state index contributed by atoms with van der Waals surface area (Å²) < 4.78 is 5.63. The second kappa shape index (κ2) is 8.24. The number of aromatic nitrogens is 2. The van der Waals surface area contributed by atoms with Gasteiger partial charge in [0.25, 0.3) is 11.8 Å². The van der Waals surface area contributed by atoms with Gasteiger partial charge in [0, 0.05) is 54.4 Å². The lowest BCUT2D eigenvalue weighted by Crippen LogP contribution is -2.60. The van der Waals surface area contributed by atoms with E-state index >= 15 is 0 Å². The number of carbonyl (C=O) groups excluding carboxylic acids is 1. The molecule has 2 aromatic carbocycles. The highest BCUT2D eigenvalue weighted by Gasteiger charge is 2.34. The average Bonchev–Trinajstić information content (AvgIpc) is 3.41. The van der Waals surface area contributed by atoms with Gasteiger partial charge in [-0.25, -0.2) is 0 Å². The number of aryl methyl sites for hydroxylation is 1. The fraction of sp³-hybridized carbons (Fsp3) is 0.400. The Kier molecular flexibility index (Phi) is 5.20. The van der Waals surface area contributed by atoms with Gasteiger partial charge in [-0.05, 0) is 60.7 Å². The molecular weight excluding hydrogens is 438 g/mol. The molecule has 0 saturated carbocycles. The molecule has 2 atom stereocenters. The number of rotatable bonds is 5. The Balaban J connectivity index is 1.20. The Morgan fingerprint density at radius 2 is 2.03 bits per heavy atom. The summed E-state index contributed by atoms with van der Waals surface area (Å²) in [5.41, 5.74) is 4.65. The van der Waals surface area contributed by atoms with Crippen LogP contribution in [0.4, 0.5) is 0 Å². The van der Waals surface area contributed by atoms with Crippen molar-refractivity contribution in [2.24, 2.45) is 0 Å². The standard InChI is InChI=1S/C25H26ClN5O2/c1-15-8-17(24-28-22(29-33-24)14-30-13-20-6-7-21(30)10-27-20)9-18-12-31(25(32)23(15)18)11-16-2-4-19(26)5-3-16/h2-5,8-9,20-21,27H,6-7,10-14H2,1H3. The van der Waals surface area contributed by atoms with E-state index in [1.807, 2.05) is 48.2 Å². The Morgan fingerprint density at radius 1 is 1.18 bits per heavy atom. The van der Waals surface area contributed by atoms with Crippen LogP contribution in [0.25, 0.3) is 11.5 Å². The van der Waals surface area contributed by atoms with Crippen molar-refractivity contribution in [2.75, 3.05) is 13.1 Å². The molecule has 2 unspecified atom stereocenters. The molecule has 2 bridgehead atoms. The van der Waals surface area contributed by atoms with Crippen molar-refractivity contribution >= 4 is 17.5 Å². The molecule has 1 N–H and O–H groups in total. The topological polar surface area (TPSA) is 74.5 Å². The van der Waals surface area contributed by atoms with E-state index in [1.54, 1.807) is 0 Å². The summed E-state index contributed by atoms with van der Waals surface area (Å²) in [4.78, 5) is 22.1. The smallest absolute Gasteiger partial charge is 0.257 e. The summed E-state index contributed by atoms with van der Waals surface area (Å²) in [7, 11) is 0. The van der Waals surface area contributed by atoms with E-state index in [0.29, 0.717) is 42.6 Å². The largest absolute Gasteiger partial charge is 0.334 e. The van der Waals surface area contributed by atoms with Gasteiger partial charge < -0.3 is 14.7 Å². The minimum atomic E-state index is 0.0592. The zero-order chi connectivity index (χ0) is 22.5. The zero-order valence-corrected chi connectivity index (χ0v) is 19.3. The molecule has 170 valence electrons. The first kappa shape index (κ1) is 20.8. The molecule has 7 nitrogen and oxygen atoms in total. The highest BCUT2D eigenvalue weighted by molar-refractivity contribution is 6.30. The molecule has 0 aliphatic carbocycles. The van der Waals surface area contributed by atoms with Gasteiger partial charge in [-0.3, -0.25) is 9.69 Å². The number of fused-ring (bicyclic) bond motifs is 4. The van der Waals surface area contributed by atoms with E-state index in [0.717, 1.165) is 46.7 Å². The molecule has 33 heavy (non-hydrogen) atoms. The molecule has 4 aliphatic rings. The molecule has 8 heteroatoms. The Labute approximate surface area is 197 Å². The third-order valence-corrected chi connectivity index (χ3v) is 7.34. The van der Waals surface area contributed by atoms with Gasteiger partial charge in [0.2, 0.25) is 0 Å². The monoisotopic (exact) mass is 463 g/mol. The van der Waals surface area contributed by atoms with E-state index in [2.05, 4.69) is 20.4 Å². The minimum Gasteiger partial charge on any atom is -0.334 e. The van der Waals surface area contributed by atoms with Crippen LogP contribution < -0.4 is 5.32 Å². The predicted octanol–water partition coefficient (Wildman–Crippen LogP) is 3.79. The lowest BCUT2D eigenvalue weighted by Gasteiger charge is -2.45. The Morgan fingerprint density at radius 3 is 2.76 bits per heavy atom. The van der Waals surface area contributed by atoms with Gasteiger partial charge in [-0.1, -0.05) is 28.9 Å². The van der Waals surface area contributed by atoms with Crippen LogP contribution in [-0.4, -0.2) is 51.0 Å². The van der Waals surface area contributed by atoms with Crippen LogP contribution in [0.1, 0.15) is 45.7 Å².